The summed E-state index contributed by atoms with van der Waals surface area (Å²) in [4.78, 5) is 28.9. The Morgan fingerprint density at radius 3 is 2.00 bits per heavy atom. The Bertz CT molecular complexity index is 1330. The van der Waals surface area contributed by atoms with Gasteiger partial charge in [-0.15, -0.1) is 0 Å². The zero-order valence-corrected chi connectivity index (χ0v) is 22.2. The molecule has 0 saturated heterocycles. The summed E-state index contributed by atoms with van der Waals surface area (Å²) >= 11 is 12.3. The number of nitrogens with one attached hydrogen (secondary N) is 1. The molecule has 1 N–H and O–H groups in total. The largest absolute Gasteiger partial charge is 0.482 e. The second-order valence-electron chi connectivity index (χ2n) is 8.78. The van der Waals surface area contributed by atoms with Crippen molar-refractivity contribution in [3.8, 4) is 5.75 Å². The Hall–Kier alpha value is -3.80. The van der Waals surface area contributed by atoms with Crippen molar-refractivity contribution in [2.45, 2.75) is 25.6 Å². The van der Waals surface area contributed by atoms with Gasteiger partial charge in [-0.3, -0.25) is 9.59 Å². The molecule has 0 heterocycles. The maximum atomic E-state index is 13.7. The van der Waals surface area contributed by atoms with Crippen LogP contribution in [0.5, 0.6) is 5.75 Å². The van der Waals surface area contributed by atoms with Crippen molar-refractivity contribution in [2.75, 3.05) is 6.61 Å². The Kier molecular flexibility index (Phi) is 9.79. The molecule has 4 aromatic carbocycles. The van der Waals surface area contributed by atoms with Crippen LogP contribution in [0.15, 0.2) is 109 Å². The van der Waals surface area contributed by atoms with Crippen LogP contribution < -0.4 is 10.1 Å². The third-order valence-corrected chi connectivity index (χ3v) is 6.60. The molecule has 5 nitrogen and oxygen atoms in total. The highest BCUT2D eigenvalue weighted by molar-refractivity contribution is 6.32. The lowest BCUT2D eigenvalue weighted by atomic mass is 10.0. The van der Waals surface area contributed by atoms with E-state index in [1.54, 1.807) is 41.3 Å². The van der Waals surface area contributed by atoms with Crippen molar-refractivity contribution in [1.82, 2.24) is 10.2 Å². The lowest BCUT2D eigenvalue weighted by molar-refractivity contribution is -0.142. The fourth-order valence-corrected chi connectivity index (χ4v) is 4.34. The number of halogens is 2. The maximum Gasteiger partial charge on any atom is 0.261 e. The number of carbonyl (C=O) groups excluding carboxylic acids is 2. The molecule has 2 amide bonds. The second-order valence-corrected chi connectivity index (χ2v) is 9.62. The van der Waals surface area contributed by atoms with Crippen LogP contribution in [0.25, 0.3) is 0 Å². The van der Waals surface area contributed by atoms with Crippen LogP contribution in [-0.2, 0) is 29.1 Å². The van der Waals surface area contributed by atoms with Crippen LogP contribution in [0.1, 0.15) is 16.7 Å². The number of benzene rings is 4. The topological polar surface area (TPSA) is 58.6 Å². The molecule has 0 bridgehead atoms. The Balaban J connectivity index is 1.61. The zero-order valence-electron chi connectivity index (χ0n) is 20.7. The van der Waals surface area contributed by atoms with Crippen molar-refractivity contribution in [2.24, 2.45) is 0 Å². The van der Waals surface area contributed by atoms with Crippen molar-refractivity contribution in [1.29, 1.82) is 0 Å². The van der Waals surface area contributed by atoms with E-state index in [-0.39, 0.29) is 25.0 Å². The minimum atomic E-state index is -0.779. The zero-order chi connectivity index (χ0) is 26.7. The molecule has 0 aromatic heterocycles. The first-order chi connectivity index (χ1) is 18.5. The van der Waals surface area contributed by atoms with Gasteiger partial charge in [0.05, 0.1) is 5.02 Å². The minimum absolute atomic E-state index is 0.206. The quantitative estimate of drug-likeness (QED) is 0.239. The molecule has 0 radical (unpaired) electrons. The van der Waals surface area contributed by atoms with Crippen LogP contribution >= 0.6 is 23.2 Å². The number of hydrogen-bond acceptors (Lipinski definition) is 3. The number of para-hydroxylation sites is 1. The van der Waals surface area contributed by atoms with Gasteiger partial charge in [0.25, 0.3) is 5.91 Å². The Labute approximate surface area is 233 Å². The summed E-state index contributed by atoms with van der Waals surface area (Å²) in [6.45, 7) is 0.288. The smallest absolute Gasteiger partial charge is 0.261 e. The number of rotatable bonds is 11. The summed E-state index contributed by atoms with van der Waals surface area (Å²) in [5.74, 6) is -0.185. The fourth-order valence-electron chi connectivity index (χ4n) is 4.03. The molecule has 0 aliphatic heterocycles. The van der Waals surface area contributed by atoms with E-state index in [4.69, 9.17) is 27.9 Å². The van der Waals surface area contributed by atoms with Crippen molar-refractivity contribution in [3.05, 3.63) is 136 Å². The molecule has 38 heavy (non-hydrogen) atoms. The number of amides is 2. The number of ether oxygens (including phenoxy) is 1. The standard InChI is InChI=1S/C31H28Cl2N2O3/c32-26-17-15-25(16-18-26)21-35(30(36)22-38-29-14-8-7-13-27(29)33)28(19-23-9-3-1-4-10-23)31(37)34-20-24-11-5-2-6-12-24/h1-18,28H,19-22H2,(H,34,37). The van der Waals surface area contributed by atoms with Crippen LogP contribution in [0, 0.1) is 0 Å². The Morgan fingerprint density at radius 2 is 1.34 bits per heavy atom. The third kappa shape index (κ3) is 7.85. The number of nitrogens with zero attached hydrogens (tertiary/aromatic N) is 1. The first kappa shape index (κ1) is 27.2. The molecule has 4 rings (SSSR count). The highest BCUT2D eigenvalue weighted by Gasteiger charge is 2.30. The molecule has 194 valence electrons. The normalized spacial score (nSPS) is 11.4. The summed E-state index contributed by atoms with van der Waals surface area (Å²) in [6, 6.07) is 32.7. The number of carbonyl (C=O) groups is 2. The van der Waals surface area contributed by atoms with Gasteiger partial charge in [0.2, 0.25) is 5.91 Å². The summed E-state index contributed by atoms with van der Waals surface area (Å²) < 4.78 is 5.77. The SMILES string of the molecule is O=C(NCc1ccccc1)C(Cc1ccccc1)N(Cc1ccc(Cl)cc1)C(=O)COc1ccccc1Cl. The average Bonchev–Trinajstić information content (AvgIpc) is 2.95. The predicted octanol–water partition coefficient (Wildman–Crippen LogP) is 6.33. The van der Waals surface area contributed by atoms with Gasteiger partial charge in [-0.1, -0.05) is 108 Å². The lowest BCUT2D eigenvalue weighted by Gasteiger charge is -2.31. The maximum absolute atomic E-state index is 13.7. The molecule has 0 fully saturated rings. The van der Waals surface area contributed by atoms with E-state index in [2.05, 4.69) is 5.32 Å². The van der Waals surface area contributed by atoms with Gasteiger partial charge < -0.3 is 15.0 Å². The van der Waals surface area contributed by atoms with Crippen LogP contribution in [0.4, 0.5) is 0 Å². The molecule has 0 aliphatic rings. The van der Waals surface area contributed by atoms with Gasteiger partial charge in [-0.2, -0.15) is 0 Å². The summed E-state index contributed by atoms with van der Waals surface area (Å²) in [6.07, 6.45) is 0.340. The van der Waals surface area contributed by atoms with Crippen LogP contribution in [-0.4, -0.2) is 29.4 Å². The van der Waals surface area contributed by atoms with Gasteiger partial charge in [0.1, 0.15) is 11.8 Å². The summed E-state index contributed by atoms with van der Waals surface area (Å²) in [7, 11) is 0. The molecule has 4 aromatic rings. The summed E-state index contributed by atoms with van der Waals surface area (Å²) in [5, 5.41) is 4.02. The average molecular weight is 547 g/mol. The molecule has 1 unspecified atom stereocenters. The molecular weight excluding hydrogens is 519 g/mol. The lowest BCUT2D eigenvalue weighted by Crippen LogP contribution is -2.51. The van der Waals surface area contributed by atoms with Gasteiger partial charge in [-0.25, -0.2) is 0 Å². The van der Waals surface area contributed by atoms with Gasteiger partial charge in [0, 0.05) is 24.5 Å². The van der Waals surface area contributed by atoms with E-state index in [1.165, 1.54) is 0 Å². The molecule has 0 saturated carbocycles. The third-order valence-electron chi connectivity index (χ3n) is 6.03. The van der Waals surface area contributed by atoms with Gasteiger partial charge in [0.15, 0.2) is 6.61 Å². The fraction of sp³-hybridized carbons (Fsp3) is 0.161. The molecule has 0 aliphatic carbocycles. The van der Waals surface area contributed by atoms with E-state index < -0.39 is 6.04 Å². The Morgan fingerprint density at radius 1 is 0.737 bits per heavy atom. The highest BCUT2D eigenvalue weighted by Crippen LogP contribution is 2.24. The first-order valence-electron chi connectivity index (χ1n) is 12.3. The minimum Gasteiger partial charge on any atom is -0.482 e. The molecule has 1 atom stereocenters. The van der Waals surface area contributed by atoms with Crippen molar-refractivity contribution < 1.29 is 14.3 Å². The van der Waals surface area contributed by atoms with Crippen molar-refractivity contribution >= 4 is 35.0 Å². The monoisotopic (exact) mass is 546 g/mol. The molecular formula is C31H28Cl2N2O3. The molecule has 0 spiro atoms. The van der Waals surface area contributed by atoms with E-state index in [0.29, 0.717) is 28.8 Å². The van der Waals surface area contributed by atoms with E-state index in [9.17, 15) is 9.59 Å². The molecule has 7 heteroatoms. The summed E-state index contributed by atoms with van der Waals surface area (Å²) in [5.41, 5.74) is 2.75. The highest BCUT2D eigenvalue weighted by atomic mass is 35.5. The van der Waals surface area contributed by atoms with E-state index >= 15 is 0 Å². The van der Waals surface area contributed by atoms with Crippen LogP contribution in [0.3, 0.4) is 0 Å². The van der Waals surface area contributed by atoms with Crippen LogP contribution in [0.2, 0.25) is 10.0 Å². The second kappa shape index (κ2) is 13.7. The number of hydrogen-bond donors (Lipinski definition) is 1. The van der Waals surface area contributed by atoms with E-state index in [0.717, 1.165) is 16.7 Å². The van der Waals surface area contributed by atoms with Gasteiger partial charge >= 0.3 is 0 Å². The van der Waals surface area contributed by atoms with Gasteiger partial charge in [-0.05, 0) is 41.0 Å². The van der Waals surface area contributed by atoms with E-state index in [1.807, 2.05) is 72.8 Å². The first-order valence-corrected chi connectivity index (χ1v) is 13.0. The predicted molar refractivity (Wildman–Crippen MR) is 151 cm³/mol. The van der Waals surface area contributed by atoms with Crippen molar-refractivity contribution in [3.63, 3.8) is 0 Å².